The van der Waals surface area contributed by atoms with Crippen molar-refractivity contribution in [2.24, 2.45) is 5.92 Å². The lowest BCUT2D eigenvalue weighted by Crippen LogP contribution is -2.39. The van der Waals surface area contributed by atoms with Gasteiger partial charge in [0.25, 0.3) is 0 Å². The third-order valence-electron chi connectivity index (χ3n) is 5.12. The second-order valence-electron chi connectivity index (χ2n) is 6.90. The second-order valence-corrected chi connectivity index (χ2v) is 8.40. The highest BCUT2D eigenvalue weighted by atomic mass is 35.5. The molecule has 0 bridgehead atoms. The number of aromatic nitrogens is 2. The number of benzene rings is 1. The van der Waals surface area contributed by atoms with Crippen LogP contribution in [0.3, 0.4) is 0 Å². The molecule has 25 heavy (non-hydrogen) atoms. The maximum atomic E-state index is 12.5. The van der Waals surface area contributed by atoms with Crippen LogP contribution in [0.25, 0.3) is 0 Å². The van der Waals surface area contributed by atoms with E-state index in [1.165, 1.54) is 37.0 Å². The lowest BCUT2D eigenvalue weighted by atomic mass is 9.85. The fraction of sp³-hybridized carbons (Fsp3) is 0.500. The van der Waals surface area contributed by atoms with Crippen molar-refractivity contribution in [3.63, 3.8) is 0 Å². The summed E-state index contributed by atoms with van der Waals surface area (Å²) in [6, 6.07) is 8.11. The largest absolute Gasteiger partial charge is 0.303 e. The zero-order valence-corrected chi connectivity index (χ0v) is 15.4. The first-order valence-electron chi connectivity index (χ1n) is 8.81. The molecule has 3 unspecified atom stereocenters. The molecule has 1 saturated heterocycles. The van der Waals surface area contributed by atoms with Gasteiger partial charge < -0.3 is 5.32 Å². The number of carbonyl (C=O) groups is 1. The average molecular weight is 377 g/mol. The van der Waals surface area contributed by atoms with E-state index in [2.05, 4.69) is 20.8 Å². The molecule has 0 radical (unpaired) electrons. The van der Waals surface area contributed by atoms with Gasteiger partial charge in [0, 0.05) is 17.5 Å². The van der Waals surface area contributed by atoms with Crippen LogP contribution < -0.4 is 10.6 Å². The van der Waals surface area contributed by atoms with Crippen LogP contribution in [0.5, 0.6) is 0 Å². The molecule has 1 saturated carbocycles. The van der Waals surface area contributed by atoms with Gasteiger partial charge in [0.2, 0.25) is 11.0 Å². The molecular weight excluding hydrogens is 356 g/mol. The summed E-state index contributed by atoms with van der Waals surface area (Å²) in [5.41, 5.74) is 1.09. The normalized spacial score (nSPS) is 25.6. The number of rotatable bonds is 4. The number of fused-ring (bicyclic) bond motifs is 1. The van der Waals surface area contributed by atoms with E-state index in [1.807, 2.05) is 24.3 Å². The van der Waals surface area contributed by atoms with Crippen LogP contribution in [-0.2, 0) is 11.2 Å². The highest BCUT2D eigenvalue weighted by molar-refractivity contribution is 7.15. The van der Waals surface area contributed by atoms with Crippen LogP contribution >= 0.6 is 22.9 Å². The standard InChI is InChI=1S/C18H21ClN4OS/c19-13-6-3-4-11(8-13)9-16-22-23-18(25-16)21-17(24)15-10-12-5-1-2-7-14(12)20-15/h3-4,6,8,12,14-15,20H,1-2,5,7,9-10H2,(H,21,23,24). The predicted octanol–water partition coefficient (Wildman–Crippen LogP) is 3.64. The molecule has 2 aliphatic rings. The summed E-state index contributed by atoms with van der Waals surface area (Å²) in [5, 5.41) is 16.9. The first-order chi connectivity index (χ1) is 12.2. The Morgan fingerprint density at radius 3 is 3.04 bits per heavy atom. The third kappa shape index (κ3) is 4.02. The van der Waals surface area contributed by atoms with Gasteiger partial charge in [-0.25, -0.2) is 0 Å². The number of nitrogens with zero attached hydrogens (tertiary/aromatic N) is 2. The number of carbonyl (C=O) groups excluding carboxylic acids is 1. The van der Waals surface area contributed by atoms with Crippen molar-refractivity contribution in [3.8, 4) is 0 Å². The number of halogens is 1. The van der Waals surface area contributed by atoms with Crippen LogP contribution in [-0.4, -0.2) is 28.2 Å². The first-order valence-corrected chi connectivity index (χ1v) is 10.0. The minimum Gasteiger partial charge on any atom is -0.303 e. The Morgan fingerprint density at radius 1 is 1.32 bits per heavy atom. The monoisotopic (exact) mass is 376 g/mol. The van der Waals surface area contributed by atoms with Gasteiger partial charge in [-0.1, -0.05) is 47.9 Å². The maximum Gasteiger partial charge on any atom is 0.243 e. The smallest absolute Gasteiger partial charge is 0.243 e. The Hall–Kier alpha value is -1.50. The number of amides is 1. The van der Waals surface area contributed by atoms with E-state index in [4.69, 9.17) is 11.6 Å². The van der Waals surface area contributed by atoms with Crippen molar-refractivity contribution in [2.75, 3.05) is 5.32 Å². The molecule has 1 aliphatic heterocycles. The van der Waals surface area contributed by atoms with Gasteiger partial charge in [0.15, 0.2) is 0 Å². The van der Waals surface area contributed by atoms with Crippen molar-refractivity contribution in [1.82, 2.24) is 15.5 Å². The molecule has 2 N–H and O–H groups in total. The zero-order valence-electron chi connectivity index (χ0n) is 13.9. The van der Waals surface area contributed by atoms with E-state index in [0.717, 1.165) is 17.0 Å². The van der Waals surface area contributed by atoms with Gasteiger partial charge in [-0.15, -0.1) is 10.2 Å². The summed E-state index contributed by atoms with van der Waals surface area (Å²) in [6.45, 7) is 0. The van der Waals surface area contributed by atoms with Crippen molar-refractivity contribution in [3.05, 3.63) is 39.9 Å². The minimum absolute atomic E-state index is 0.0138. The van der Waals surface area contributed by atoms with Crippen LogP contribution in [0.15, 0.2) is 24.3 Å². The van der Waals surface area contributed by atoms with E-state index >= 15 is 0 Å². The topological polar surface area (TPSA) is 66.9 Å². The van der Waals surface area contributed by atoms with E-state index in [-0.39, 0.29) is 11.9 Å². The molecule has 2 fully saturated rings. The van der Waals surface area contributed by atoms with Crippen LogP contribution in [0.4, 0.5) is 5.13 Å². The average Bonchev–Trinajstić information content (AvgIpc) is 3.21. The summed E-state index contributed by atoms with van der Waals surface area (Å²) in [5.74, 6) is 0.664. The summed E-state index contributed by atoms with van der Waals surface area (Å²) in [4.78, 5) is 12.5. The van der Waals surface area contributed by atoms with Gasteiger partial charge in [0.05, 0.1) is 6.04 Å². The predicted molar refractivity (Wildman–Crippen MR) is 100 cm³/mol. The molecular formula is C18H21ClN4OS. The summed E-state index contributed by atoms with van der Waals surface area (Å²) < 4.78 is 0. The number of hydrogen-bond acceptors (Lipinski definition) is 5. The Morgan fingerprint density at radius 2 is 2.20 bits per heavy atom. The van der Waals surface area contributed by atoms with Crippen molar-refractivity contribution in [2.45, 2.75) is 50.6 Å². The second kappa shape index (κ2) is 7.40. The Balaban J connectivity index is 1.35. The molecule has 0 spiro atoms. The van der Waals surface area contributed by atoms with Crippen molar-refractivity contribution >= 4 is 34.0 Å². The van der Waals surface area contributed by atoms with E-state index in [0.29, 0.717) is 28.5 Å². The molecule has 2 aromatic rings. The fourth-order valence-corrected chi connectivity index (χ4v) is 4.90. The molecule has 7 heteroatoms. The summed E-state index contributed by atoms with van der Waals surface area (Å²) >= 11 is 7.43. The summed E-state index contributed by atoms with van der Waals surface area (Å²) in [7, 11) is 0. The molecule has 2 heterocycles. The number of anilines is 1. The molecule has 1 amide bonds. The molecule has 4 rings (SSSR count). The lowest BCUT2D eigenvalue weighted by molar-refractivity contribution is -0.117. The van der Waals surface area contributed by atoms with E-state index < -0.39 is 0 Å². The lowest BCUT2D eigenvalue weighted by Gasteiger charge is -2.24. The van der Waals surface area contributed by atoms with Gasteiger partial charge in [-0.3, -0.25) is 10.1 Å². The van der Waals surface area contributed by atoms with Gasteiger partial charge in [0.1, 0.15) is 5.01 Å². The molecule has 1 aromatic heterocycles. The van der Waals surface area contributed by atoms with Crippen LogP contribution in [0.2, 0.25) is 5.02 Å². The Labute approximate surface area is 156 Å². The highest BCUT2D eigenvalue weighted by Crippen LogP contribution is 2.33. The minimum atomic E-state index is -0.103. The molecule has 1 aromatic carbocycles. The third-order valence-corrected chi connectivity index (χ3v) is 6.19. The maximum absolute atomic E-state index is 12.5. The molecule has 3 atom stereocenters. The number of hydrogen-bond donors (Lipinski definition) is 2. The fourth-order valence-electron chi connectivity index (χ4n) is 3.91. The molecule has 1 aliphatic carbocycles. The van der Waals surface area contributed by atoms with Crippen molar-refractivity contribution in [1.29, 1.82) is 0 Å². The number of nitrogens with one attached hydrogen (secondary N) is 2. The van der Waals surface area contributed by atoms with E-state index in [9.17, 15) is 4.79 Å². The molecule has 132 valence electrons. The highest BCUT2D eigenvalue weighted by Gasteiger charge is 2.38. The Kier molecular flexibility index (Phi) is 5.01. The van der Waals surface area contributed by atoms with Gasteiger partial charge >= 0.3 is 0 Å². The van der Waals surface area contributed by atoms with E-state index in [1.54, 1.807) is 0 Å². The Bertz CT molecular complexity index is 751. The van der Waals surface area contributed by atoms with Crippen molar-refractivity contribution < 1.29 is 4.79 Å². The zero-order chi connectivity index (χ0) is 17.2. The quantitative estimate of drug-likeness (QED) is 0.854. The molecule has 5 nitrogen and oxygen atoms in total. The van der Waals surface area contributed by atoms with Crippen LogP contribution in [0.1, 0.15) is 42.7 Å². The first kappa shape index (κ1) is 16.9. The van der Waals surface area contributed by atoms with Gasteiger partial charge in [-0.05, 0) is 42.9 Å². The SMILES string of the molecule is O=C(Nc1nnc(Cc2cccc(Cl)c2)s1)C1CC2CCCCC2N1. The summed E-state index contributed by atoms with van der Waals surface area (Å²) in [6.07, 6.45) is 6.60. The van der Waals surface area contributed by atoms with Gasteiger partial charge in [-0.2, -0.15) is 0 Å². The van der Waals surface area contributed by atoms with Crippen LogP contribution in [0, 0.1) is 5.92 Å².